The molecule has 3 aliphatic rings. The summed E-state index contributed by atoms with van der Waals surface area (Å²) in [6.07, 6.45) is 3.21. The highest BCUT2D eigenvalue weighted by Gasteiger charge is 2.69. The topological polar surface area (TPSA) is 86.3 Å². The average Bonchev–Trinajstić information content (AvgIpc) is 3.43. The van der Waals surface area contributed by atoms with Crippen LogP contribution in [0.4, 0.5) is 35.3 Å². The second-order valence-corrected chi connectivity index (χ2v) is 9.26. The molecule has 37 heavy (non-hydrogen) atoms. The minimum atomic E-state index is -4.47. The van der Waals surface area contributed by atoms with E-state index in [1.54, 1.807) is 29.2 Å². The second kappa shape index (κ2) is 8.19. The number of alkyl halides is 3. The zero-order valence-electron chi connectivity index (χ0n) is 19.8. The summed E-state index contributed by atoms with van der Waals surface area (Å²) in [7, 11) is 1.36. The number of hydrogen-bond acceptors (Lipinski definition) is 6. The Bertz CT molecular complexity index is 1420. The summed E-state index contributed by atoms with van der Waals surface area (Å²) in [5, 5.41) is 3.86. The molecule has 0 aliphatic carbocycles. The molecule has 11 heteroatoms. The summed E-state index contributed by atoms with van der Waals surface area (Å²) >= 11 is 0. The summed E-state index contributed by atoms with van der Waals surface area (Å²) in [6.45, 7) is 1.49. The van der Waals surface area contributed by atoms with Crippen LogP contribution in [0.15, 0.2) is 54.7 Å². The van der Waals surface area contributed by atoms with Gasteiger partial charge in [-0.2, -0.15) is 13.2 Å². The Labute approximate surface area is 211 Å². The number of benzene rings is 1. The Kier molecular flexibility index (Phi) is 5.15. The predicted molar refractivity (Wildman–Crippen MR) is 133 cm³/mol. The van der Waals surface area contributed by atoms with Crippen molar-refractivity contribution in [2.45, 2.75) is 24.3 Å². The summed E-state index contributed by atoms with van der Waals surface area (Å²) in [5.74, 6) is 3.36. The Balaban J connectivity index is 1.31. The lowest BCUT2D eigenvalue weighted by Crippen LogP contribution is -2.48. The van der Waals surface area contributed by atoms with Crippen LogP contribution in [0.5, 0.6) is 0 Å². The molecule has 2 aromatic heterocycles. The van der Waals surface area contributed by atoms with Gasteiger partial charge in [-0.1, -0.05) is 30.2 Å². The summed E-state index contributed by atoms with van der Waals surface area (Å²) in [6, 6.07) is 12.8. The molecule has 2 fully saturated rings. The van der Waals surface area contributed by atoms with Crippen LogP contribution in [0.1, 0.15) is 17.5 Å². The molecule has 3 aromatic rings. The molecule has 188 valence electrons. The van der Waals surface area contributed by atoms with Crippen LogP contribution in [0.2, 0.25) is 0 Å². The van der Waals surface area contributed by atoms with Crippen LogP contribution in [-0.2, 0) is 5.66 Å². The number of hydrazine groups is 1. The molecule has 2 saturated heterocycles. The molecule has 0 saturated carbocycles. The van der Waals surface area contributed by atoms with Crippen molar-refractivity contribution in [3.63, 3.8) is 0 Å². The van der Waals surface area contributed by atoms with Crippen molar-refractivity contribution in [2.24, 2.45) is 0 Å². The van der Waals surface area contributed by atoms with Crippen LogP contribution in [-0.4, -0.2) is 53.4 Å². The Morgan fingerprint density at radius 1 is 1.19 bits per heavy atom. The maximum Gasteiger partial charge on any atom is 0.426 e. The number of aromatic nitrogens is 2. The van der Waals surface area contributed by atoms with Crippen molar-refractivity contribution in [3.05, 3.63) is 65.9 Å². The van der Waals surface area contributed by atoms with Crippen LogP contribution in [0, 0.1) is 12.3 Å². The number of carbonyl (C=O) groups excluding carboxylic acids is 1. The van der Waals surface area contributed by atoms with Crippen molar-refractivity contribution >= 4 is 23.4 Å². The molecule has 1 aromatic carbocycles. The van der Waals surface area contributed by atoms with E-state index in [0.29, 0.717) is 35.0 Å². The van der Waals surface area contributed by atoms with Crippen molar-refractivity contribution in [3.8, 4) is 23.6 Å². The minimum absolute atomic E-state index is 0.0641. The predicted octanol–water partition coefficient (Wildman–Crippen LogP) is 3.92. The van der Waals surface area contributed by atoms with Gasteiger partial charge in [-0.25, -0.2) is 25.2 Å². The first-order chi connectivity index (χ1) is 17.7. The molecule has 8 nitrogen and oxygen atoms in total. The Hall–Kier alpha value is -4.14. The maximum absolute atomic E-state index is 13.7. The smallest absolute Gasteiger partial charge is 0.366 e. The van der Waals surface area contributed by atoms with Gasteiger partial charge in [0.2, 0.25) is 5.66 Å². The van der Waals surface area contributed by atoms with Crippen LogP contribution >= 0.6 is 0 Å². The second-order valence-electron chi connectivity index (χ2n) is 9.26. The van der Waals surface area contributed by atoms with E-state index in [0.717, 1.165) is 23.7 Å². The van der Waals surface area contributed by atoms with E-state index in [1.807, 2.05) is 12.1 Å². The summed E-state index contributed by atoms with van der Waals surface area (Å²) < 4.78 is 41.0. The standard InChI is InChI=1S/C26H22F3N7O/c1-3-16-4-11-22(30-14-16)32-24(37)36-19-12-13-35(15-19)21-10-9-20(31-23(21)36)17-5-7-18(8-6-17)25(26(27,28)29)33-34(25)2/h1,4-11,14,19,33H,12-13,15H2,2H3,(H,30,32,37)/t19-,25?,34?/m0/s1. The van der Waals surface area contributed by atoms with Crippen molar-refractivity contribution in [1.29, 1.82) is 0 Å². The van der Waals surface area contributed by atoms with E-state index in [9.17, 15) is 18.0 Å². The zero-order valence-corrected chi connectivity index (χ0v) is 19.8. The summed E-state index contributed by atoms with van der Waals surface area (Å²) in [4.78, 5) is 26.2. The van der Waals surface area contributed by atoms with Gasteiger partial charge >= 0.3 is 12.2 Å². The molecular formula is C26H22F3N7O. The van der Waals surface area contributed by atoms with Gasteiger partial charge in [-0.15, -0.1) is 6.42 Å². The van der Waals surface area contributed by atoms with Crippen molar-refractivity contribution < 1.29 is 18.0 Å². The highest BCUT2D eigenvalue weighted by atomic mass is 19.4. The minimum Gasteiger partial charge on any atom is -0.366 e. The highest BCUT2D eigenvalue weighted by Crippen LogP contribution is 2.49. The van der Waals surface area contributed by atoms with E-state index in [2.05, 4.69) is 26.5 Å². The number of pyridine rings is 2. The third-order valence-electron chi connectivity index (χ3n) is 7.13. The molecule has 3 atom stereocenters. The van der Waals surface area contributed by atoms with E-state index in [1.165, 1.54) is 25.4 Å². The first-order valence-corrected chi connectivity index (χ1v) is 11.7. The third-order valence-corrected chi connectivity index (χ3v) is 7.13. The normalized spacial score (nSPS) is 23.9. The molecular weight excluding hydrogens is 483 g/mol. The number of nitrogens with one attached hydrogen (secondary N) is 2. The van der Waals surface area contributed by atoms with Gasteiger partial charge in [-0.3, -0.25) is 10.2 Å². The van der Waals surface area contributed by atoms with E-state index in [4.69, 9.17) is 11.4 Å². The van der Waals surface area contributed by atoms with Gasteiger partial charge in [0.25, 0.3) is 0 Å². The molecule has 2 amide bonds. The number of rotatable bonds is 3. The number of halogens is 3. The number of anilines is 3. The molecule has 2 N–H and O–H groups in total. The van der Waals surface area contributed by atoms with E-state index >= 15 is 0 Å². The maximum atomic E-state index is 13.7. The molecule has 6 rings (SSSR count). The molecule has 3 aliphatic heterocycles. The van der Waals surface area contributed by atoms with Crippen molar-refractivity contribution in [1.82, 2.24) is 20.4 Å². The first-order valence-electron chi connectivity index (χ1n) is 11.7. The highest BCUT2D eigenvalue weighted by molar-refractivity contribution is 6.04. The number of fused-ring (bicyclic) bond motifs is 4. The van der Waals surface area contributed by atoms with Gasteiger partial charge in [-0.05, 0) is 36.2 Å². The van der Waals surface area contributed by atoms with Crippen molar-refractivity contribution in [2.75, 3.05) is 35.3 Å². The molecule has 2 bridgehead atoms. The number of carbonyl (C=O) groups is 1. The van der Waals surface area contributed by atoms with E-state index in [-0.39, 0.29) is 17.6 Å². The van der Waals surface area contributed by atoms with Crippen LogP contribution in [0.3, 0.4) is 0 Å². The molecule has 0 radical (unpaired) electrons. The Morgan fingerprint density at radius 3 is 2.57 bits per heavy atom. The number of terminal acetylenes is 1. The molecule has 5 heterocycles. The lowest BCUT2D eigenvalue weighted by atomic mass is 10.00. The monoisotopic (exact) mass is 505 g/mol. The number of amides is 2. The average molecular weight is 506 g/mol. The zero-order chi connectivity index (χ0) is 25.9. The first kappa shape index (κ1) is 23.3. The van der Waals surface area contributed by atoms with Gasteiger partial charge in [0.05, 0.1) is 17.4 Å². The third kappa shape index (κ3) is 3.68. The SMILES string of the molecule is C#Cc1ccc(NC(=O)N2c3nc(-c4ccc(C5(C(F)(F)F)NN5C)cc4)ccc3N3CC[C@H]2C3)nc1. The van der Waals surface area contributed by atoms with Gasteiger partial charge < -0.3 is 4.90 Å². The number of nitrogens with zero attached hydrogens (tertiary/aromatic N) is 5. The largest absolute Gasteiger partial charge is 0.426 e. The lowest BCUT2D eigenvalue weighted by molar-refractivity contribution is -0.174. The molecule has 2 unspecified atom stereocenters. The fraction of sp³-hybridized carbons (Fsp3) is 0.269. The van der Waals surface area contributed by atoms with Gasteiger partial charge in [0.15, 0.2) is 5.82 Å². The van der Waals surface area contributed by atoms with E-state index < -0.39 is 11.8 Å². The van der Waals surface area contributed by atoms with Crippen LogP contribution in [0.25, 0.3) is 11.3 Å². The van der Waals surface area contributed by atoms with Gasteiger partial charge in [0, 0.05) is 37.5 Å². The molecule has 0 spiro atoms. The quantitative estimate of drug-likeness (QED) is 0.415. The fourth-order valence-electron chi connectivity index (χ4n) is 5.13. The van der Waals surface area contributed by atoms with Crippen LogP contribution < -0.4 is 20.5 Å². The fourth-order valence-corrected chi connectivity index (χ4v) is 5.13. The summed E-state index contributed by atoms with van der Waals surface area (Å²) in [5.41, 5.74) is 2.94. The Morgan fingerprint density at radius 2 is 1.95 bits per heavy atom. The number of hydrogen-bond donors (Lipinski definition) is 2. The lowest BCUT2D eigenvalue weighted by Gasteiger charge is -2.35. The number of urea groups is 1. The van der Waals surface area contributed by atoms with Gasteiger partial charge in [0.1, 0.15) is 5.82 Å².